The van der Waals surface area contributed by atoms with Gasteiger partial charge in [-0.3, -0.25) is 0 Å². The van der Waals surface area contributed by atoms with Crippen LogP contribution < -0.4 is 56.5 Å². The molecule has 4 heteroatoms. The first kappa shape index (κ1) is 14.0. The average Bonchev–Trinajstić information content (AvgIpc) is 2.09. The molecule has 13 heavy (non-hydrogen) atoms. The molecular formula is C9H12FKO2. The van der Waals surface area contributed by atoms with E-state index in [4.69, 9.17) is 0 Å². The Hall–Kier alpha value is 0.966. The van der Waals surface area contributed by atoms with E-state index in [0.717, 1.165) is 24.0 Å². The fraction of sp³-hybridized carbons (Fsp3) is 0.556. The maximum absolute atomic E-state index is 11.9. The van der Waals surface area contributed by atoms with E-state index in [2.05, 4.69) is 11.5 Å². The Morgan fingerprint density at radius 3 is 2.85 bits per heavy atom. The van der Waals surface area contributed by atoms with Crippen molar-refractivity contribution >= 4 is 0 Å². The average molecular weight is 210 g/mol. The summed E-state index contributed by atoms with van der Waals surface area (Å²) in [5.74, 6) is 0. The first-order chi connectivity index (χ1) is 5.77. The van der Waals surface area contributed by atoms with Gasteiger partial charge in [0.25, 0.3) is 0 Å². The Kier molecular flexibility index (Phi) is 7.82. The summed E-state index contributed by atoms with van der Waals surface area (Å²) in [5.41, 5.74) is 1.76. The van der Waals surface area contributed by atoms with E-state index >= 15 is 0 Å². The largest absolute Gasteiger partial charge is 1.00 e. The van der Waals surface area contributed by atoms with Gasteiger partial charge in [-0.25, -0.2) is 0 Å². The normalized spacial score (nSPS) is 25.8. The van der Waals surface area contributed by atoms with Gasteiger partial charge in [0.2, 0.25) is 0 Å². The van der Waals surface area contributed by atoms with Gasteiger partial charge in [-0.2, -0.15) is 4.94 Å². The molecule has 0 aromatic heterocycles. The van der Waals surface area contributed by atoms with Gasteiger partial charge in [0.05, 0.1) is 0 Å². The fourth-order valence-electron chi connectivity index (χ4n) is 1.36. The Morgan fingerprint density at radius 1 is 1.62 bits per heavy atom. The minimum Gasteiger partial charge on any atom is -0.851 e. The van der Waals surface area contributed by atoms with Gasteiger partial charge >= 0.3 is 51.4 Å². The fourth-order valence-corrected chi connectivity index (χ4v) is 1.36. The van der Waals surface area contributed by atoms with Crippen molar-refractivity contribution in [1.29, 1.82) is 0 Å². The van der Waals surface area contributed by atoms with Gasteiger partial charge in [-0.1, -0.05) is 12.2 Å². The number of rotatable bonds is 2. The first-order valence-corrected chi connectivity index (χ1v) is 3.99. The molecular weight excluding hydrogens is 198 g/mol. The molecule has 0 aliphatic heterocycles. The van der Waals surface area contributed by atoms with Gasteiger partial charge in [0.15, 0.2) is 0 Å². The van der Waals surface area contributed by atoms with Gasteiger partial charge < -0.3 is 5.11 Å². The molecule has 0 bridgehead atoms. The SMILES string of the molecule is C=C1CC/C(=C/C[O-])CC1OF.[K+]. The van der Waals surface area contributed by atoms with Crippen LogP contribution in [0.15, 0.2) is 23.8 Å². The predicted octanol–water partition coefficient (Wildman–Crippen LogP) is -1.71. The molecule has 2 nitrogen and oxygen atoms in total. The zero-order valence-electron chi connectivity index (χ0n) is 7.88. The monoisotopic (exact) mass is 210 g/mol. The van der Waals surface area contributed by atoms with Crippen molar-refractivity contribution in [3.63, 3.8) is 0 Å². The second kappa shape index (κ2) is 7.28. The van der Waals surface area contributed by atoms with Gasteiger partial charge in [-0.15, -0.1) is 12.7 Å². The summed E-state index contributed by atoms with van der Waals surface area (Å²) in [6, 6.07) is 0. The van der Waals surface area contributed by atoms with E-state index < -0.39 is 6.10 Å². The van der Waals surface area contributed by atoms with Gasteiger partial charge in [-0.05, 0) is 22.9 Å². The van der Waals surface area contributed by atoms with Crippen LogP contribution in [-0.4, -0.2) is 12.7 Å². The molecule has 0 amide bonds. The van der Waals surface area contributed by atoms with E-state index in [-0.39, 0.29) is 58.0 Å². The number of hydrogen-bond acceptors (Lipinski definition) is 2. The van der Waals surface area contributed by atoms with E-state index in [9.17, 15) is 9.63 Å². The molecule has 0 aromatic rings. The minimum absolute atomic E-state index is 0. The molecule has 1 aliphatic carbocycles. The molecule has 0 N–H and O–H groups in total. The van der Waals surface area contributed by atoms with Crippen LogP contribution in [0.25, 0.3) is 0 Å². The standard InChI is InChI=1S/C9H12FO2.K/c1-7-2-3-8(4-5-11)6-9(7)12-10;/h4,9H,1-3,5-6H2;/q-1;+1/b8-4-;. The summed E-state index contributed by atoms with van der Waals surface area (Å²) in [5, 5.41) is 10.2. The Bertz CT molecular complexity index is 204. The topological polar surface area (TPSA) is 32.3 Å². The maximum Gasteiger partial charge on any atom is 1.00 e. The van der Waals surface area contributed by atoms with Crippen LogP contribution in [0.4, 0.5) is 4.53 Å². The molecule has 1 saturated carbocycles. The van der Waals surface area contributed by atoms with E-state index in [1.54, 1.807) is 6.08 Å². The molecule has 1 atom stereocenters. The summed E-state index contributed by atoms with van der Waals surface area (Å²) in [6.45, 7) is 3.46. The maximum atomic E-state index is 11.9. The molecule has 0 radical (unpaired) electrons. The van der Waals surface area contributed by atoms with Crippen molar-refractivity contribution in [2.45, 2.75) is 25.4 Å². The molecule has 0 spiro atoms. The Balaban J connectivity index is 0.00000144. The third-order valence-corrected chi connectivity index (χ3v) is 2.15. The van der Waals surface area contributed by atoms with Gasteiger partial charge in [0, 0.05) is 6.42 Å². The Labute approximate surface area is 120 Å². The molecule has 1 aliphatic rings. The molecule has 68 valence electrons. The zero-order valence-corrected chi connectivity index (χ0v) is 11.0. The molecule has 0 aromatic carbocycles. The second-order valence-electron chi connectivity index (χ2n) is 2.97. The third-order valence-electron chi connectivity index (χ3n) is 2.15. The molecule has 1 rings (SSSR count). The quantitative estimate of drug-likeness (QED) is 0.401. The molecule has 0 saturated heterocycles. The van der Waals surface area contributed by atoms with Crippen LogP contribution in [0.5, 0.6) is 0 Å². The summed E-state index contributed by atoms with van der Waals surface area (Å²) in [6.07, 6.45) is 3.09. The van der Waals surface area contributed by atoms with Crippen LogP contribution in [0.2, 0.25) is 0 Å². The van der Waals surface area contributed by atoms with Crippen molar-refractivity contribution in [1.82, 2.24) is 0 Å². The second-order valence-corrected chi connectivity index (χ2v) is 2.97. The van der Waals surface area contributed by atoms with Crippen LogP contribution in [-0.2, 0) is 4.94 Å². The van der Waals surface area contributed by atoms with E-state index in [0.29, 0.717) is 6.42 Å². The smallest absolute Gasteiger partial charge is 0.851 e. The minimum atomic E-state index is -0.531. The van der Waals surface area contributed by atoms with Crippen LogP contribution in [0, 0.1) is 0 Å². The number of halogens is 1. The van der Waals surface area contributed by atoms with Crippen molar-refractivity contribution in [2.24, 2.45) is 0 Å². The molecule has 0 heterocycles. The van der Waals surface area contributed by atoms with Crippen LogP contribution in [0.3, 0.4) is 0 Å². The summed E-state index contributed by atoms with van der Waals surface area (Å²) in [7, 11) is 0. The third kappa shape index (κ3) is 4.33. The van der Waals surface area contributed by atoms with Crippen molar-refractivity contribution in [2.75, 3.05) is 6.61 Å². The molecule has 1 unspecified atom stereocenters. The van der Waals surface area contributed by atoms with Gasteiger partial charge in [0.1, 0.15) is 6.10 Å². The van der Waals surface area contributed by atoms with Crippen molar-refractivity contribution < 1.29 is 66.0 Å². The molecule has 1 fully saturated rings. The summed E-state index contributed by atoms with van der Waals surface area (Å²) >= 11 is 0. The Morgan fingerprint density at radius 2 is 2.31 bits per heavy atom. The van der Waals surface area contributed by atoms with Crippen molar-refractivity contribution in [3.8, 4) is 0 Å². The summed E-state index contributed by atoms with van der Waals surface area (Å²) in [4.78, 5) is 3.74. The first-order valence-electron chi connectivity index (χ1n) is 3.99. The van der Waals surface area contributed by atoms with E-state index in [1.165, 1.54) is 0 Å². The predicted molar refractivity (Wildman–Crippen MR) is 41.9 cm³/mol. The summed E-state index contributed by atoms with van der Waals surface area (Å²) < 4.78 is 11.9. The van der Waals surface area contributed by atoms with Crippen molar-refractivity contribution in [3.05, 3.63) is 23.8 Å². The van der Waals surface area contributed by atoms with E-state index in [1.807, 2.05) is 0 Å². The van der Waals surface area contributed by atoms with Crippen LogP contribution >= 0.6 is 0 Å². The van der Waals surface area contributed by atoms with Crippen LogP contribution in [0.1, 0.15) is 19.3 Å². The number of hydrogen-bond donors (Lipinski definition) is 0. The zero-order chi connectivity index (χ0) is 8.97.